The minimum absolute atomic E-state index is 0.304. The van der Waals surface area contributed by atoms with Crippen LogP contribution >= 0.6 is 0 Å². The summed E-state index contributed by atoms with van der Waals surface area (Å²) in [6.45, 7) is 1.99. The van der Waals surface area contributed by atoms with E-state index in [4.69, 9.17) is 0 Å². The van der Waals surface area contributed by atoms with Gasteiger partial charge >= 0.3 is 0 Å². The summed E-state index contributed by atoms with van der Waals surface area (Å²) in [6.07, 6.45) is 3.85. The molecule has 4 rings (SSSR count). The Bertz CT molecular complexity index is 223. The van der Waals surface area contributed by atoms with Gasteiger partial charge in [0.25, 0.3) is 0 Å². The van der Waals surface area contributed by atoms with E-state index < -0.39 is 0 Å². The Labute approximate surface area is 78.3 Å². The van der Waals surface area contributed by atoms with E-state index >= 15 is 0 Å². The molecule has 1 amide bonds. The first-order chi connectivity index (χ1) is 6.34. The van der Waals surface area contributed by atoms with Gasteiger partial charge in [-0.25, -0.2) is 0 Å². The van der Waals surface area contributed by atoms with Gasteiger partial charge in [-0.3, -0.25) is 4.79 Å². The molecule has 0 radical (unpaired) electrons. The van der Waals surface area contributed by atoms with E-state index in [1.165, 1.54) is 19.3 Å². The lowest BCUT2D eigenvalue weighted by Gasteiger charge is -2.32. The number of hydrogen-bond acceptors (Lipinski definition) is 2. The fraction of sp³-hybridized carbons (Fsp3) is 0.900. The van der Waals surface area contributed by atoms with Crippen molar-refractivity contribution < 1.29 is 4.79 Å². The summed E-state index contributed by atoms with van der Waals surface area (Å²) in [4.78, 5) is 11.7. The average Bonchev–Trinajstić information content (AvgIpc) is 2.62. The topological polar surface area (TPSA) is 41.1 Å². The minimum Gasteiger partial charge on any atom is -0.356 e. The maximum Gasteiger partial charge on any atom is 0.225 e. The van der Waals surface area contributed by atoms with Crippen molar-refractivity contribution in [2.24, 2.45) is 17.8 Å². The molecule has 0 aromatic heterocycles. The molecule has 2 aliphatic carbocycles. The predicted octanol–water partition coefficient (Wildman–Crippen LogP) is 0.120. The van der Waals surface area contributed by atoms with Crippen LogP contribution < -0.4 is 10.6 Å². The summed E-state index contributed by atoms with van der Waals surface area (Å²) in [7, 11) is 0. The van der Waals surface area contributed by atoms with Gasteiger partial charge in [0.1, 0.15) is 0 Å². The normalized spacial score (nSPS) is 41.4. The zero-order valence-electron chi connectivity index (χ0n) is 7.75. The number of nitrogens with one attached hydrogen (secondary N) is 2. The number of amides is 1. The van der Waals surface area contributed by atoms with Crippen LogP contribution in [0.2, 0.25) is 0 Å². The van der Waals surface area contributed by atoms with Crippen molar-refractivity contribution in [1.82, 2.24) is 10.6 Å². The van der Waals surface area contributed by atoms with Crippen LogP contribution in [0.4, 0.5) is 0 Å². The molecule has 3 nitrogen and oxygen atoms in total. The maximum atomic E-state index is 11.7. The van der Waals surface area contributed by atoms with Crippen molar-refractivity contribution in [2.45, 2.75) is 25.3 Å². The molecule has 72 valence electrons. The van der Waals surface area contributed by atoms with Gasteiger partial charge in [-0.1, -0.05) is 0 Å². The average molecular weight is 180 g/mol. The van der Waals surface area contributed by atoms with Crippen molar-refractivity contribution in [1.29, 1.82) is 0 Å². The summed E-state index contributed by atoms with van der Waals surface area (Å²) >= 11 is 0. The van der Waals surface area contributed by atoms with Crippen LogP contribution in [-0.4, -0.2) is 25.0 Å². The fourth-order valence-corrected chi connectivity index (χ4v) is 2.56. The molecule has 3 heteroatoms. The fourth-order valence-electron chi connectivity index (χ4n) is 2.56. The third-order valence-electron chi connectivity index (χ3n) is 3.70. The first-order valence-corrected chi connectivity index (χ1v) is 5.35. The van der Waals surface area contributed by atoms with Gasteiger partial charge in [-0.05, 0) is 37.6 Å². The smallest absolute Gasteiger partial charge is 0.225 e. The molecular formula is C10H16N2O. The Morgan fingerprint density at radius 3 is 2.85 bits per heavy atom. The SMILES string of the molecule is O=C(NCC1CC1)[C@H]1[C@H]2CN[C@H]1C2. The summed E-state index contributed by atoms with van der Waals surface area (Å²) < 4.78 is 0. The Hall–Kier alpha value is -0.570. The van der Waals surface area contributed by atoms with Gasteiger partial charge in [0.05, 0.1) is 5.92 Å². The molecule has 2 saturated heterocycles. The third-order valence-corrected chi connectivity index (χ3v) is 3.70. The van der Waals surface area contributed by atoms with Gasteiger partial charge in [0.15, 0.2) is 0 Å². The highest BCUT2D eigenvalue weighted by molar-refractivity contribution is 5.81. The molecule has 0 spiro atoms. The van der Waals surface area contributed by atoms with Crippen molar-refractivity contribution in [2.75, 3.05) is 13.1 Å². The quantitative estimate of drug-likeness (QED) is 0.647. The molecule has 2 saturated carbocycles. The molecule has 2 aliphatic heterocycles. The highest BCUT2D eigenvalue weighted by Gasteiger charge is 2.50. The lowest BCUT2D eigenvalue weighted by Crippen LogP contribution is -2.47. The lowest BCUT2D eigenvalue weighted by atomic mass is 9.73. The summed E-state index contributed by atoms with van der Waals surface area (Å²) in [5.74, 6) is 2.05. The maximum absolute atomic E-state index is 11.7. The highest BCUT2D eigenvalue weighted by atomic mass is 16.2. The van der Waals surface area contributed by atoms with Gasteiger partial charge in [-0.2, -0.15) is 0 Å². The second kappa shape index (κ2) is 2.71. The van der Waals surface area contributed by atoms with E-state index in [9.17, 15) is 4.79 Å². The van der Waals surface area contributed by atoms with Crippen molar-refractivity contribution in [3.63, 3.8) is 0 Å². The Kier molecular flexibility index (Phi) is 1.62. The number of carbonyl (C=O) groups excluding carboxylic acids is 1. The van der Waals surface area contributed by atoms with Crippen molar-refractivity contribution in [3.05, 3.63) is 0 Å². The number of fused-ring (bicyclic) bond motifs is 1. The van der Waals surface area contributed by atoms with E-state index in [1.54, 1.807) is 0 Å². The summed E-state index contributed by atoms with van der Waals surface area (Å²) in [6, 6.07) is 0.504. The zero-order valence-corrected chi connectivity index (χ0v) is 7.75. The lowest BCUT2D eigenvalue weighted by molar-refractivity contribution is -0.129. The third kappa shape index (κ3) is 1.26. The van der Waals surface area contributed by atoms with Crippen LogP contribution in [0.5, 0.6) is 0 Å². The van der Waals surface area contributed by atoms with E-state index in [2.05, 4.69) is 10.6 Å². The molecule has 0 aromatic rings. The largest absolute Gasteiger partial charge is 0.356 e. The van der Waals surface area contributed by atoms with Crippen LogP contribution in [0.1, 0.15) is 19.3 Å². The van der Waals surface area contributed by atoms with E-state index in [-0.39, 0.29) is 0 Å². The van der Waals surface area contributed by atoms with Crippen LogP contribution in [0.25, 0.3) is 0 Å². The first-order valence-electron chi connectivity index (χ1n) is 5.35. The molecule has 2 bridgehead atoms. The molecule has 13 heavy (non-hydrogen) atoms. The molecule has 2 N–H and O–H groups in total. The standard InChI is InChI=1S/C10H16N2O/c13-10(12-4-6-1-2-6)9-7-3-8(9)11-5-7/h6-9,11H,1-5H2,(H,12,13)/t7-,8+,9+/m1/s1. The second-order valence-corrected chi connectivity index (χ2v) is 4.72. The van der Waals surface area contributed by atoms with E-state index in [1.807, 2.05) is 0 Å². The zero-order chi connectivity index (χ0) is 8.84. The van der Waals surface area contributed by atoms with Gasteiger partial charge < -0.3 is 10.6 Å². The Morgan fingerprint density at radius 1 is 1.46 bits per heavy atom. The molecule has 0 aromatic carbocycles. The second-order valence-electron chi connectivity index (χ2n) is 4.72. The number of hydrogen-bond donors (Lipinski definition) is 2. The minimum atomic E-state index is 0.304. The van der Waals surface area contributed by atoms with E-state index in [0.29, 0.717) is 23.8 Å². The van der Waals surface area contributed by atoms with Crippen LogP contribution in [-0.2, 0) is 4.79 Å². The molecular weight excluding hydrogens is 164 g/mol. The first kappa shape index (κ1) is 7.80. The monoisotopic (exact) mass is 180 g/mol. The Morgan fingerprint density at radius 2 is 2.31 bits per heavy atom. The van der Waals surface area contributed by atoms with Crippen LogP contribution in [0, 0.1) is 17.8 Å². The molecule has 4 aliphatic rings. The summed E-state index contributed by atoms with van der Waals surface area (Å²) in [5.41, 5.74) is 0. The molecule has 4 fully saturated rings. The number of rotatable bonds is 3. The highest BCUT2D eigenvalue weighted by Crippen LogP contribution is 2.40. The van der Waals surface area contributed by atoms with Gasteiger partial charge in [0.2, 0.25) is 5.91 Å². The van der Waals surface area contributed by atoms with E-state index in [0.717, 1.165) is 19.0 Å². The van der Waals surface area contributed by atoms with Crippen molar-refractivity contribution >= 4 is 5.91 Å². The number of carbonyl (C=O) groups is 1. The molecule has 0 unspecified atom stereocenters. The Balaban J connectivity index is 1.50. The molecule has 2 heterocycles. The van der Waals surface area contributed by atoms with Crippen LogP contribution in [0.15, 0.2) is 0 Å². The van der Waals surface area contributed by atoms with Gasteiger partial charge in [-0.15, -0.1) is 0 Å². The van der Waals surface area contributed by atoms with Crippen molar-refractivity contribution in [3.8, 4) is 0 Å². The predicted molar refractivity (Wildman–Crippen MR) is 49.1 cm³/mol. The van der Waals surface area contributed by atoms with Gasteiger partial charge in [0, 0.05) is 12.6 Å². The van der Waals surface area contributed by atoms with Crippen LogP contribution in [0.3, 0.4) is 0 Å². The molecule has 3 atom stereocenters. The summed E-state index contributed by atoms with van der Waals surface area (Å²) in [5, 5.41) is 6.44.